The lowest BCUT2D eigenvalue weighted by Gasteiger charge is -2.20. The summed E-state index contributed by atoms with van der Waals surface area (Å²) >= 11 is 0. The van der Waals surface area contributed by atoms with Crippen LogP contribution in [0.1, 0.15) is 22.7 Å². The van der Waals surface area contributed by atoms with Gasteiger partial charge in [-0.1, -0.05) is 48.5 Å². The van der Waals surface area contributed by atoms with Crippen LogP contribution in [0.15, 0.2) is 79.1 Å². The van der Waals surface area contributed by atoms with Crippen molar-refractivity contribution in [3.05, 3.63) is 95.8 Å². The first-order valence-electron chi connectivity index (χ1n) is 9.59. The molecule has 0 bridgehead atoms. The van der Waals surface area contributed by atoms with Gasteiger partial charge < -0.3 is 0 Å². The highest BCUT2D eigenvalue weighted by Crippen LogP contribution is 2.32. The first kappa shape index (κ1) is 17.0. The third-order valence-corrected chi connectivity index (χ3v) is 5.39. The van der Waals surface area contributed by atoms with Crippen LogP contribution in [-0.2, 0) is 6.54 Å². The molecule has 28 heavy (non-hydrogen) atoms. The number of rotatable bonds is 2. The van der Waals surface area contributed by atoms with Gasteiger partial charge in [0.05, 0.1) is 6.04 Å². The van der Waals surface area contributed by atoms with Crippen molar-refractivity contribution < 1.29 is 0 Å². The number of aromatic nitrogens is 2. The summed E-state index contributed by atoms with van der Waals surface area (Å²) in [5.74, 6) is 0.771. The summed E-state index contributed by atoms with van der Waals surface area (Å²) in [5.41, 5.74) is 4.99. The first-order valence-corrected chi connectivity index (χ1v) is 9.59. The maximum atomic E-state index is 4.41. The van der Waals surface area contributed by atoms with Crippen molar-refractivity contribution in [1.82, 2.24) is 20.2 Å². The Morgan fingerprint density at radius 1 is 0.893 bits per heavy atom. The molecule has 1 aliphatic rings. The maximum absolute atomic E-state index is 4.41. The summed E-state index contributed by atoms with van der Waals surface area (Å²) in [6, 6.07) is 23.9. The number of nitrogens with one attached hydrogen (secondary N) is 1. The molecule has 0 aliphatic carbocycles. The second kappa shape index (κ2) is 7.15. The lowest BCUT2D eigenvalue weighted by molar-refractivity contribution is 0.303. The molecular weight excluding hydrogens is 344 g/mol. The zero-order chi connectivity index (χ0) is 18.9. The lowest BCUT2D eigenvalue weighted by atomic mass is 9.92. The van der Waals surface area contributed by atoms with Crippen LogP contribution in [0.25, 0.3) is 22.2 Å². The van der Waals surface area contributed by atoms with E-state index in [1.165, 1.54) is 27.5 Å². The van der Waals surface area contributed by atoms with E-state index in [0.29, 0.717) is 0 Å². The Morgan fingerprint density at radius 3 is 2.57 bits per heavy atom. The Balaban J connectivity index is 1.60. The monoisotopic (exact) mass is 366 g/mol. The van der Waals surface area contributed by atoms with Crippen molar-refractivity contribution in [2.75, 3.05) is 13.7 Å². The maximum Gasteiger partial charge on any atom is 0.159 e. The van der Waals surface area contributed by atoms with E-state index in [-0.39, 0.29) is 6.04 Å². The van der Waals surface area contributed by atoms with Gasteiger partial charge in [0, 0.05) is 31.2 Å². The van der Waals surface area contributed by atoms with Crippen molar-refractivity contribution in [3.63, 3.8) is 0 Å². The molecule has 1 aliphatic heterocycles. The molecule has 4 nitrogen and oxygen atoms in total. The minimum Gasteiger partial charge on any atom is -0.293 e. The fraction of sp³-hybridized carbons (Fsp3) is 0.167. The summed E-state index contributed by atoms with van der Waals surface area (Å²) in [7, 11) is 2.14. The van der Waals surface area contributed by atoms with Crippen molar-refractivity contribution in [3.8, 4) is 11.4 Å². The number of hydrogen-bond acceptors (Lipinski definition) is 4. The molecule has 1 aromatic heterocycles. The highest BCUT2D eigenvalue weighted by molar-refractivity contribution is 5.83. The van der Waals surface area contributed by atoms with Crippen LogP contribution in [0.5, 0.6) is 0 Å². The molecule has 0 spiro atoms. The Kier molecular flexibility index (Phi) is 4.35. The fourth-order valence-corrected chi connectivity index (χ4v) is 4.00. The van der Waals surface area contributed by atoms with E-state index in [2.05, 4.69) is 87.9 Å². The predicted molar refractivity (Wildman–Crippen MR) is 113 cm³/mol. The van der Waals surface area contributed by atoms with Gasteiger partial charge in [-0.25, -0.2) is 9.97 Å². The van der Waals surface area contributed by atoms with E-state index in [1.807, 2.05) is 6.07 Å². The van der Waals surface area contributed by atoms with Crippen LogP contribution in [0.4, 0.5) is 0 Å². The van der Waals surface area contributed by atoms with Gasteiger partial charge in [-0.05, 0) is 52.7 Å². The normalized spacial score (nSPS) is 17.2. The van der Waals surface area contributed by atoms with Crippen LogP contribution >= 0.6 is 0 Å². The highest BCUT2D eigenvalue weighted by Gasteiger charge is 2.22. The van der Waals surface area contributed by atoms with E-state index in [0.717, 1.165) is 24.6 Å². The van der Waals surface area contributed by atoms with Crippen molar-refractivity contribution in [2.24, 2.45) is 0 Å². The van der Waals surface area contributed by atoms with Crippen LogP contribution in [0, 0.1) is 0 Å². The van der Waals surface area contributed by atoms with Gasteiger partial charge in [0.25, 0.3) is 0 Å². The van der Waals surface area contributed by atoms with Crippen LogP contribution < -0.4 is 5.32 Å². The SMILES string of the molecule is CN1CNC(c2ccc3ccccc3c2)c2ccc(-c3ncccn3)cc2C1. The average Bonchev–Trinajstić information content (AvgIpc) is 2.91. The summed E-state index contributed by atoms with van der Waals surface area (Å²) in [5, 5.41) is 6.27. The largest absolute Gasteiger partial charge is 0.293 e. The van der Waals surface area contributed by atoms with E-state index < -0.39 is 0 Å². The molecule has 0 radical (unpaired) electrons. The van der Waals surface area contributed by atoms with Gasteiger partial charge in [0.2, 0.25) is 0 Å². The molecule has 2 heterocycles. The first-order chi connectivity index (χ1) is 13.8. The zero-order valence-corrected chi connectivity index (χ0v) is 15.8. The molecule has 5 rings (SSSR count). The zero-order valence-electron chi connectivity index (χ0n) is 15.8. The molecule has 4 heteroatoms. The molecule has 0 amide bonds. The molecule has 138 valence electrons. The molecule has 1 N–H and O–H groups in total. The third kappa shape index (κ3) is 3.17. The number of hydrogen-bond donors (Lipinski definition) is 1. The Hall–Kier alpha value is -3.08. The molecule has 0 saturated carbocycles. The Bertz CT molecular complexity index is 1120. The Labute approximate surface area is 164 Å². The van der Waals surface area contributed by atoms with E-state index in [1.54, 1.807) is 12.4 Å². The number of nitrogens with zero attached hydrogens (tertiary/aromatic N) is 3. The van der Waals surface area contributed by atoms with Gasteiger partial charge in [0.15, 0.2) is 5.82 Å². The van der Waals surface area contributed by atoms with Gasteiger partial charge in [-0.2, -0.15) is 0 Å². The molecule has 3 aromatic carbocycles. The smallest absolute Gasteiger partial charge is 0.159 e. The van der Waals surface area contributed by atoms with Crippen LogP contribution in [-0.4, -0.2) is 28.6 Å². The standard InChI is InChI=1S/C24H22N4/c1-28-15-21-14-20(24-25-11-4-12-26-24)9-10-22(21)23(27-16-28)19-8-7-17-5-2-3-6-18(17)13-19/h2-14,23,27H,15-16H2,1H3. The number of benzene rings is 3. The quantitative estimate of drug-likeness (QED) is 0.572. The third-order valence-electron chi connectivity index (χ3n) is 5.39. The lowest BCUT2D eigenvalue weighted by Crippen LogP contribution is -2.30. The second-order valence-corrected chi connectivity index (χ2v) is 7.40. The van der Waals surface area contributed by atoms with Crippen molar-refractivity contribution >= 4 is 10.8 Å². The van der Waals surface area contributed by atoms with Gasteiger partial charge >= 0.3 is 0 Å². The second-order valence-electron chi connectivity index (χ2n) is 7.40. The molecule has 0 fully saturated rings. The summed E-state index contributed by atoms with van der Waals surface area (Å²) in [4.78, 5) is 11.1. The molecule has 1 atom stereocenters. The van der Waals surface area contributed by atoms with E-state index in [9.17, 15) is 0 Å². The van der Waals surface area contributed by atoms with E-state index in [4.69, 9.17) is 0 Å². The van der Waals surface area contributed by atoms with Crippen molar-refractivity contribution in [1.29, 1.82) is 0 Å². The minimum atomic E-state index is 0.162. The number of fused-ring (bicyclic) bond motifs is 2. The molecule has 1 unspecified atom stereocenters. The highest BCUT2D eigenvalue weighted by atomic mass is 15.2. The Morgan fingerprint density at radius 2 is 1.71 bits per heavy atom. The summed E-state index contributed by atoms with van der Waals surface area (Å²) < 4.78 is 0. The van der Waals surface area contributed by atoms with Gasteiger partial charge in [0.1, 0.15) is 0 Å². The molecule has 0 saturated heterocycles. The topological polar surface area (TPSA) is 41.0 Å². The van der Waals surface area contributed by atoms with Crippen LogP contribution in [0.2, 0.25) is 0 Å². The van der Waals surface area contributed by atoms with Gasteiger partial charge in [-0.3, -0.25) is 10.2 Å². The fourth-order valence-electron chi connectivity index (χ4n) is 4.00. The van der Waals surface area contributed by atoms with Crippen molar-refractivity contribution in [2.45, 2.75) is 12.6 Å². The van der Waals surface area contributed by atoms with Gasteiger partial charge in [-0.15, -0.1) is 0 Å². The average molecular weight is 366 g/mol. The van der Waals surface area contributed by atoms with Crippen LogP contribution in [0.3, 0.4) is 0 Å². The minimum absolute atomic E-state index is 0.162. The summed E-state index contributed by atoms with van der Waals surface area (Å²) in [6.07, 6.45) is 3.58. The molecule has 4 aromatic rings. The molecular formula is C24H22N4. The summed E-state index contributed by atoms with van der Waals surface area (Å²) in [6.45, 7) is 1.73. The predicted octanol–water partition coefficient (Wildman–Crippen LogP) is 4.38. The van der Waals surface area contributed by atoms with E-state index >= 15 is 0 Å².